The maximum atomic E-state index is 12.6. The maximum Gasteiger partial charge on any atom is 0.419 e. The predicted molar refractivity (Wildman–Crippen MR) is 59.8 cm³/mol. The van der Waals surface area contributed by atoms with Crippen LogP contribution in [0.25, 0.3) is 0 Å². The summed E-state index contributed by atoms with van der Waals surface area (Å²) in [6.45, 7) is 3.65. The molecule has 0 aromatic heterocycles. The Bertz CT molecular complexity index is 374. The van der Waals surface area contributed by atoms with E-state index in [-0.39, 0.29) is 12.4 Å². The van der Waals surface area contributed by atoms with Crippen molar-refractivity contribution in [2.24, 2.45) is 5.73 Å². The van der Waals surface area contributed by atoms with Gasteiger partial charge in [-0.3, -0.25) is 0 Å². The predicted octanol–water partition coefficient (Wildman–Crippen LogP) is 3.21. The van der Waals surface area contributed by atoms with E-state index in [1.807, 2.05) is 6.92 Å². The quantitative estimate of drug-likeness (QED) is 0.886. The maximum absolute atomic E-state index is 12.6. The highest BCUT2D eigenvalue weighted by Gasteiger charge is 2.34. The summed E-state index contributed by atoms with van der Waals surface area (Å²) in [6.07, 6.45) is -3.78. The minimum Gasteiger partial charge on any atom is -0.491 e. The van der Waals surface area contributed by atoms with Crippen LogP contribution in [0.15, 0.2) is 24.3 Å². The van der Waals surface area contributed by atoms with E-state index < -0.39 is 17.3 Å². The first-order valence-corrected chi connectivity index (χ1v) is 5.34. The van der Waals surface area contributed by atoms with Crippen molar-refractivity contribution in [3.8, 4) is 5.75 Å². The van der Waals surface area contributed by atoms with E-state index in [2.05, 4.69) is 0 Å². The second-order valence-corrected chi connectivity index (χ2v) is 4.29. The molecule has 5 heteroatoms. The van der Waals surface area contributed by atoms with Crippen LogP contribution in [0.4, 0.5) is 13.2 Å². The lowest BCUT2D eigenvalue weighted by Crippen LogP contribution is -2.41. The number of ether oxygens (including phenoxy) is 1. The Kier molecular flexibility index (Phi) is 4.03. The molecule has 0 fully saturated rings. The fourth-order valence-corrected chi connectivity index (χ4v) is 1.17. The normalized spacial score (nSPS) is 15.4. The molecule has 0 bridgehead atoms. The van der Waals surface area contributed by atoms with E-state index in [1.54, 1.807) is 6.92 Å². The third kappa shape index (κ3) is 3.93. The fraction of sp³-hybridized carbons (Fsp3) is 0.500. The molecule has 1 aromatic carbocycles. The average Bonchev–Trinajstić information content (AvgIpc) is 2.26. The number of rotatable bonds is 4. The zero-order valence-electron chi connectivity index (χ0n) is 9.84. The molecule has 1 rings (SSSR count). The molecule has 0 aliphatic rings. The van der Waals surface area contributed by atoms with Crippen LogP contribution in [0.5, 0.6) is 5.75 Å². The van der Waals surface area contributed by atoms with E-state index in [9.17, 15) is 13.2 Å². The molecule has 0 aliphatic carbocycles. The zero-order chi connectivity index (χ0) is 13.1. The number of nitrogens with two attached hydrogens (primary N) is 1. The van der Waals surface area contributed by atoms with Gasteiger partial charge >= 0.3 is 6.18 Å². The van der Waals surface area contributed by atoms with Gasteiger partial charge in [0.1, 0.15) is 12.4 Å². The second-order valence-electron chi connectivity index (χ2n) is 4.29. The largest absolute Gasteiger partial charge is 0.491 e. The summed E-state index contributed by atoms with van der Waals surface area (Å²) in [6, 6.07) is 5.13. The standard InChI is InChI=1S/C12H16F3NO/c1-3-11(2,16)8-17-10-7-5-4-6-9(10)12(13,14)15/h4-7H,3,8,16H2,1-2H3. The number of para-hydroxylation sites is 1. The molecule has 0 saturated carbocycles. The second kappa shape index (κ2) is 4.96. The highest BCUT2D eigenvalue weighted by molar-refractivity contribution is 5.35. The Hall–Kier alpha value is -1.23. The molecule has 0 heterocycles. The zero-order valence-corrected chi connectivity index (χ0v) is 9.84. The smallest absolute Gasteiger partial charge is 0.419 e. The lowest BCUT2D eigenvalue weighted by atomic mass is 10.0. The molecular formula is C12H16F3NO. The van der Waals surface area contributed by atoms with Gasteiger partial charge in [-0.2, -0.15) is 13.2 Å². The number of hydrogen-bond acceptors (Lipinski definition) is 2. The highest BCUT2D eigenvalue weighted by Crippen LogP contribution is 2.36. The van der Waals surface area contributed by atoms with Gasteiger partial charge in [-0.15, -0.1) is 0 Å². The lowest BCUT2D eigenvalue weighted by molar-refractivity contribution is -0.139. The molecule has 1 aromatic rings. The summed E-state index contributed by atoms with van der Waals surface area (Å²) in [7, 11) is 0. The van der Waals surface area contributed by atoms with Crippen molar-refractivity contribution in [3.05, 3.63) is 29.8 Å². The van der Waals surface area contributed by atoms with Crippen molar-refractivity contribution in [1.82, 2.24) is 0 Å². The van der Waals surface area contributed by atoms with E-state index >= 15 is 0 Å². The Morgan fingerprint density at radius 1 is 1.24 bits per heavy atom. The summed E-state index contributed by atoms with van der Waals surface area (Å²) < 4.78 is 43.1. The van der Waals surface area contributed by atoms with Crippen LogP contribution in [0, 0.1) is 0 Å². The van der Waals surface area contributed by atoms with Crippen LogP contribution in [0.2, 0.25) is 0 Å². The molecular weight excluding hydrogens is 231 g/mol. The molecule has 96 valence electrons. The molecule has 0 spiro atoms. The minimum absolute atomic E-state index is 0.0522. The third-order valence-electron chi connectivity index (χ3n) is 2.56. The molecule has 2 nitrogen and oxygen atoms in total. The lowest BCUT2D eigenvalue weighted by Gasteiger charge is -2.24. The summed E-state index contributed by atoms with van der Waals surface area (Å²) in [5.74, 6) is -0.176. The first-order chi connectivity index (χ1) is 7.76. The van der Waals surface area contributed by atoms with Crippen molar-refractivity contribution in [2.45, 2.75) is 32.0 Å². The van der Waals surface area contributed by atoms with Gasteiger partial charge in [-0.1, -0.05) is 19.1 Å². The SMILES string of the molecule is CCC(C)(N)COc1ccccc1C(F)(F)F. The molecule has 2 N–H and O–H groups in total. The van der Waals surface area contributed by atoms with Crippen molar-refractivity contribution < 1.29 is 17.9 Å². The van der Waals surface area contributed by atoms with Crippen LogP contribution in [-0.2, 0) is 6.18 Å². The number of benzene rings is 1. The Morgan fingerprint density at radius 3 is 2.35 bits per heavy atom. The minimum atomic E-state index is -4.41. The average molecular weight is 247 g/mol. The summed E-state index contributed by atoms with van der Waals surface area (Å²) in [5.41, 5.74) is 4.42. The first-order valence-electron chi connectivity index (χ1n) is 5.34. The van der Waals surface area contributed by atoms with Gasteiger partial charge in [-0.05, 0) is 25.5 Å². The first kappa shape index (κ1) is 13.8. The van der Waals surface area contributed by atoms with E-state index in [1.165, 1.54) is 18.2 Å². The monoisotopic (exact) mass is 247 g/mol. The number of halogens is 3. The highest BCUT2D eigenvalue weighted by atomic mass is 19.4. The summed E-state index contributed by atoms with van der Waals surface area (Å²) in [5, 5.41) is 0. The fourth-order valence-electron chi connectivity index (χ4n) is 1.17. The van der Waals surface area contributed by atoms with Crippen molar-refractivity contribution >= 4 is 0 Å². The van der Waals surface area contributed by atoms with Crippen LogP contribution in [0.1, 0.15) is 25.8 Å². The van der Waals surface area contributed by atoms with E-state index in [4.69, 9.17) is 10.5 Å². The molecule has 17 heavy (non-hydrogen) atoms. The van der Waals surface area contributed by atoms with Crippen molar-refractivity contribution in [1.29, 1.82) is 0 Å². The van der Waals surface area contributed by atoms with Gasteiger partial charge in [0.2, 0.25) is 0 Å². The number of alkyl halides is 3. The van der Waals surface area contributed by atoms with Crippen molar-refractivity contribution in [3.63, 3.8) is 0 Å². The van der Waals surface area contributed by atoms with Gasteiger partial charge in [-0.25, -0.2) is 0 Å². The van der Waals surface area contributed by atoms with Gasteiger partial charge in [0.05, 0.1) is 5.56 Å². The van der Waals surface area contributed by atoms with Crippen LogP contribution >= 0.6 is 0 Å². The summed E-state index contributed by atoms with van der Waals surface area (Å²) >= 11 is 0. The van der Waals surface area contributed by atoms with E-state index in [0.29, 0.717) is 6.42 Å². The molecule has 0 aliphatic heterocycles. The van der Waals surface area contributed by atoms with Gasteiger partial charge in [0.15, 0.2) is 0 Å². The topological polar surface area (TPSA) is 35.2 Å². The van der Waals surface area contributed by atoms with Crippen LogP contribution in [0.3, 0.4) is 0 Å². The van der Waals surface area contributed by atoms with Crippen LogP contribution in [-0.4, -0.2) is 12.1 Å². The number of hydrogen-bond donors (Lipinski definition) is 1. The molecule has 1 atom stereocenters. The molecule has 0 amide bonds. The van der Waals surface area contributed by atoms with E-state index in [0.717, 1.165) is 6.07 Å². The summed E-state index contributed by atoms with van der Waals surface area (Å²) in [4.78, 5) is 0. The Labute approximate surface area is 98.6 Å². The third-order valence-corrected chi connectivity index (χ3v) is 2.56. The van der Waals surface area contributed by atoms with Gasteiger partial charge < -0.3 is 10.5 Å². The molecule has 1 unspecified atom stereocenters. The van der Waals surface area contributed by atoms with Crippen molar-refractivity contribution in [2.75, 3.05) is 6.61 Å². The van der Waals surface area contributed by atoms with Gasteiger partial charge in [0, 0.05) is 5.54 Å². The molecule has 0 radical (unpaired) electrons. The van der Waals surface area contributed by atoms with Gasteiger partial charge in [0.25, 0.3) is 0 Å². The molecule has 0 saturated heterocycles. The Balaban J connectivity index is 2.85. The van der Waals surface area contributed by atoms with Crippen LogP contribution < -0.4 is 10.5 Å². The Morgan fingerprint density at radius 2 is 1.82 bits per heavy atom.